The summed E-state index contributed by atoms with van der Waals surface area (Å²) in [7, 11) is 0. The maximum atomic E-state index is 11.6. The Bertz CT molecular complexity index is 377. The minimum absolute atomic E-state index is 0.165. The first-order valence-electron chi connectivity index (χ1n) is 5.30. The number of likely N-dealkylation sites (tertiary alicyclic amines) is 1. The summed E-state index contributed by atoms with van der Waals surface area (Å²) in [6, 6.07) is 6.93. The fraction of sp³-hybridized carbons (Fsp3) is 0.417. The molecule has 3 nitrogen and oxygen atoms in total. The molecule has 1 unspecified atom stereocenters. The lowest BCUT2D eigenvalue weighted by Crippen LogP contribution is -2.24. The molecule has 1 aliphatic rings. The number of rotatable bonds is 3. The van der Waals surface area contributed by atoms with Crippen LogP contribution in [0.15, 0.2) is 24.3 Å². The molecule has 1 aliphatic heterocycles. The fourth-order valence-corrected chi connectivity index (χ4v) is 2.14. The third-order valence-corrected chi connectivity index (χ3v) is 3.26. The number of aromatic hydroxyl groups is 1. The van der Waals surface area contributed by atoms with Crippen LogP contribution in [0.3, 0.4) is 0 Å². The van der Waals surface area contributed by atoms with E-state index >= 15 is 0 Å². The van der Waals surface area contributed by atoms with Gasteiger partial charge in [0.05, 0.1) is 0 Å². The highest BCUT2D eigenvalue weighted by molar-refractivity contribution is 6.18. The molecule has 1 amide bonds. The van der Waals surface area contributed by atoms with Crippen molar-refractivity contribution in [3.8, 4) is 5.75 Å². The summed E-state index contributed by atoms with van der Waals surface area (Å²) in [6.45, 7) is 1.34. The van der Waals surface area contributed by atoms with Crippen molar-refractivity contribution in [2.75, 3.05) is 12.4 Å². The van der Waals surface area contributed by atoms with E-state index in [1.807, 2.05) is 17.0 Å². The van der Waals surface area contributed by atoms with Crippen LogP contribution in [-0.2, 0) is 11.3 Å². The zero-order chi connectivity index (χ0) is 11.5. The molecule has 1 atom stereocenters. The zero-order valence-corrected chi connectivity index (χ0v) is 9.65. The summed E-state index contributed by atoms with van der Waals surface area (Å²) >= 11 is 5.75. The number of phenols is 1. The number of phenolic OH excluding ortho intramolecular Hbond substituents is 1. The van der Waals surface area contributed by atoms with Crippen LogP contribution in [0.2, 0.25) is 0 Å². The van der Waals surface area contributed by atoms with Gasteiger partial charge < -0.3 is 10.0 Å². The average Bonchev–Trinajstić information content (AvgIpc) is 2.63. The number of amides is 1. The molecule has 0 saturated carbocycles. The third-order valence-electron chi connectivity index (χ3n) is 2.82. The Balaban J connectivity index is 2.00. The number of halogens is 1. The van der Waals surface area contributed by atoms with Crippen molar-refractivity contribution in [3.05, 3.63) is 29.8 Å². The van der Waals surface area contributed by atoms with Crippen LogP contribution >= 0.6 is 11.6 Å². The smallest absolute Gasteiger partial charge is 0.223 e. The highest BCUT2D eigenvalue weighted by Gasteiger charge is 2.28. The first-order valence-corrected chi connectivity index (χ1v) is 5.84. The van der Waals surface area contributed by atoms with E-state index in [1.54, 1.807) is 12.1 Å². The lowest BCUT2D eigenvalue weighted by Gasteiger charge is -2.16. The standard InChI is InChI=1S/C12H14ClNO2/c13-6-10-5-12(16)14(8-10)7-9-1-3-11(15)4-2-9/h1-4,10,15H,5-8H2. The Morgan fingerprint density at radius 1 is 1.38 bits per heavy atom. The van der Waals surface area contributed by atoms with Gasteiger partial charge in [-0.15, -0.1) is 11.6 Å². The number of alkyl halides is 1. The van der Waals surface area contributed by atoms with Crippen molar-refractivity contribution in [2.45, 2.75) is 13.0 Å². The van der Waals surface area contributed by atoms with Crippen LogP contribution in [0.1, 0.15) is 12.0 Å². The molecular formula is C12H14ClNO2. The predicted molar refractivity (Wildman–Crippen MR) is 62.4 cm³/mol. The summed E-state index contributed by atoms with van der Waals surface area (Å²) < 4.78 is 0. The lowest BCUT2D eigenvalue weighted by atomic mass is 10.1. The zero-order valence-electron chi connectivity index (χ0n) is 8.90. The SMILES string of the molecule is O=C1CC(CCl)CN1Cc1ccc(O)cc1. The average molecular weight is 240 g/mol. The molecule has 86 valence electrons. The van der Waals surface area contributed by atoms with E-state index < -0.39 is 0 Å². The highest BCUT2D eigenvalue weighted by Crippen LogP contribution is 2.21. The van der Waals surface area contributed by atoms with Gasteiger partial charge in [0.15, 0.2) is 0 Å². The van der Waals surface area contributed by atoms with Gasteiger partial charge in [-0.25, -0.2) is 0 Å². The minimum Gasteiger partial charge on any atom is -0.508 e. The van der Waals surface area contributed by atoms with Crippen LogP contribution in [0.25, 0.3) is 0 Å². The number of carbonyl (C=O) groups is 1. The molecule has 2 rings (SSSR count). The Morgan fingerprint density at radius 3 is 2.62 bits per heavy atom. The van der Waals surface area contributed by atoms with E-state index in [-0.39, 0.29) is 17.6 Å². The molecule has 0 aromatic heterocycles. The number of hydrogen-bond acceptors (Lipinski definition) is 2. The predicted octanol–water partition coefficient (Wildman–Crippen LogP) is 1.98. The van der Waals surface area contributed by atoms with E-state index in [0.717, 1.165) is 12.1 Å². The summed E-state index contributed by atoms with van der Waals surface area (Å²) in [6.07, 6.45) is 0.557. The molecule has 1 aromatic carbocycles. The van der Waals surface area contributed by atoms with Gasteiger partial charge in [-0.1, -0.05) is 12.1 Å². The number of hydrogen-bond donors (Lipinski definition) is 1. The Hall–Kier alpha value is -1.22. The van der Waals surface area contributed by atoms with E-state index in [2.05, 4.69) is 0 Å². The van der Waals surface area contributed by atoms with Crippen molar-refractivity contribution in [1.82, 2.24) is 4.90 Å². The molecule has 0 spiro atoms. The van der Waals surface area contributed by atoms with Gasteiger partial charge in [0.25, 0.3) is 0 Å². The van der Waals surface area contributed by atoms with Gasteiger partial charge in [0.2, 0.25) is 5.91 Å². The molecule has 1 aromatic rings. The summed E-state index contributed by atoms with van der Waals surface area (Å²) in [5.74, 6) is 1.23. The molecule has 0 aliphatic carbocycles. The van der Waals surface area contributed by atoms with E-state index in [0.29, 0.717) is 18.8 Å². The highest BCUT2D eigenvalue weighted by atomic mass is 35.5. The van der Waals surface area contributed by atoms with Crippen LogP contribution in [-0.4, -0.2) is 28.3 Å². The quantitative estimate of drug-likeness (QED) is 0.820. The Morgan fingerprint density at radius 2 is 2.06 bits per heavy atom. The topological polar surface area (TPSA) is 40.5 Å². The Kier molecular flexibility index (Phi) is 3.34. The first-order chi connectivity index (χ1) is 7.69. The van der Waals surface area contributed by atoms with Crippen molar-refractivity contribution < 1.29 is 9.90 Å². The van der Waals surface area contributed by atoms with Crippen LogP contribution in [0.5, 0.6) is 5.75 Å². The maximum Gasteiger partial charge on any atom is 0.223 e. The van der Waals surface area contributed by atoms with Crippen molar-refractivity contribution in [2.24, 2.45) is 5.92 Å². The summed E-state index contributed by atoms with van der Waals surface area (Å²) in [4.78, 5) is 13.5. The Labute approximate surface area is 99.6 Å². The monoisotopic (exact) mass is 239 g/mol. The van der Waals surface area contributed by atoms with Crippen molar-refractivity contribution in [1.29, 1.82) is 0 Å². The minimum atomic E-state index is 0.165. The van der Waals surface area contributed by atoms with Crippen LogP contribution < -0.4 is 0 Å². The van der Waals surface area contributed by atoms with Gasteiger partial charge in [0, 0.05) is 25.4 Å². The lowest BCUT2D eigenvalue weighted by molar-refractivity contribution is -0.128. The van der Waals surface area contributed by atoms with Gasteiger partial charge in [0.1, 0.15) is 5.75 Å². The van der Waals surface area contributed by atoms with E-state index in [4.69, 9.17) is 16.7 Å². The second kappa shape index (κ2) is 4.74. The first kappa shape index (κ1) is 11.3. The molecule has 1 N–H and O–H groups in total. The maximum absolute atomic E-state index is 11.6. The molecule has 0 radical (unpaired) electrons. The molecule has 1 heterocycles. The molecule has 16 heavy (non-hydrogen) atoms. The van der Waals surface area contributed by atoms with Crippen molar-refractivity contribution in [3.63, 3.8) is 0 Å². The molecule has 1 saturated heterocycles. The third kappa shape index (κ3) is 2.47. The molecular weight excluding hydrogens is 226 g/mol. The second-order valence-corrected chi connectivity index (χ2v) is 4.47. The number of benzene rings is 1. The van der Waals surface area contributed by atoms with Gasteiger partial charge >= 0.3 is 0 Å². The van der Waals surface area contributed by atoms with Crippen LogP contribution in [0, 0.1) is 5.92 Å². The number of nitrogens with zero attached hydrogens (tertiary/aromatic N) is 1. The molecule has 1 fully saturated rings. The van der Waals surface area contributed by atoms with Gasteiger partial charge in [-0.05, 0) is 23.6 Å². The fourth-order valence-electron chi connectivity index (χ4n) is 1.93. The van der Waals surface area contributed by atoms with Crippen LogP contribution in [0.4, 0.5) is 0 Å². The van der Waals surface area contributed by atoms with E-state index in [1.165, 1.54) is 0 Å². The largest absolute Gasteiger partial charge is 0.508 e. The van der Waals surface area contributed by atoms with Gasteiger partial charge in [-0.2, -0.15) is 0 Å². The van der Waals surface area contributed by atoms with Gasteiger partial charge in [-0.3, -0.25) is 4.79 Å². The second-order valence-electron chi connectivity index (χ2n) is 4.17. The van der Waals surface area contributed by atoms with E-state index in [9.17, 15) is 4.79 Å². The van der Waals surface area contributed by atoms with Crippen molar-refractivity contribution >= 4 is 17.5 Å². The number of carbonyl (C=O) groups excluding carboxylic acids is 1. The normalized spacial score (nSPS) is 20.4. The summed E-state index contributed by atoms with van der Waals surface area (Å²) in [5.41, 5.74) is 1.03. The molecule has 4 heteroatoms. The summed E-state index contributed by atoms with van der Waals surface area (Å²) in [5, 5.41) is 9.15. The molecule has 0 bridgehead atoms.